The second-order valence-electron chi connectivity index (χ2n) is 4.74. The average Bonchev–Trinajstić information content (AvgIpc) is 2.46. The lowest BCUT2D eigenvalue weighted by atomic mass is 10.0. The Hall–Kier alpha value is -1.68. The molecule has 3 rings (SSSR count). The molecule has 2 heterocycles. The Kier molecular flexibility index (Phi) is 3.11. The van der Waals surface area contributed by atoms with E-state index >= 15 is 0 Å². The lowest BCUT2D eigenvalue weighted by Gasteiger charge is -2.35. The minimum atomic E-state index is 0.189. The highest BCUT2D eigenvalue weighted by Crippen LogP contribution is 2.23. The zero-order valence-electron chi connectivity index (χ0n) is 10.3. The summed E-state index contributed by atoms with van der Waals surface area (Å²) in [4.78, 5) is 11.3. The van der Waals surface area contributed by atoms with Crippen LogP contribution in [-0.2, 0) is 0 Å². The van der Waals surface area contributed by atoms with Crippen LogP contribution in [0.15, 0.2) is 30.5 Å². The second kappa shape index (κ2) is 4.90. The first kappa shape index (κ1) is 11.4. The summed E-state index contributed by atoms with van der Waals surface area (Å²) in [5.41, 5.74) is 1.83. The zero-order valence-corrected chi connectivity index (χ0v) is 10.3. The van der Waals surface area contributed by atoms with E-state index in [2.05, 4.69) is 14.9 Å². The van der Waals surface area contributed by atoms with Gasteiger partial charge in [0.15, 0.2) is 0 Å². The van der Waals surface area contributed by atoms with Gasteiger partial charge in [0.05, 0.1) is 29.9 Å². The Labute approximate surface area is 106 Å². The SMILES string of the molecule is OC[C@H]1CCCCN1c1cnc2ccccc2n1. The summed E-state index contributed by atoms with van der Waals surface area (Å²) in [7, 11) is 0. The molecular formula is C14H17N3O. The molecule has 1 aromatic heterocycles. The van der Waals surface area contributed by atoms with Gasteiger partial charge in [-0.25, -0.2) is 4.98 Å². The fourth-order valence-electron chi connectivity index (χ4n) is 2.58. The van der Waals surface area contributed by atoms with Gasteiger partial charge >= 0.3 is 0 Å². The van der Waals surface area contributed by atoms with Crippen molar-refractivity contribution in [1.29, 1.82) is 0 Å². The van der Waals surface area contributed by atoms with Gasteiger partial charge in [0.2, 0.25) is 0 Å². The van der Waals surface area contributed by atoms with Crippen LogP contribution in [0.3, 0.4) is 0 Å². The highest BCUT2D eigenvalue weighted by Gasteiger charge is 2.23. The molecule has 94 valence electrons. The number of anilines is 1. The third-order valence-corrected chi connectivity index (χ3v) is 3.57. The molecule has 1 aliphatic heterocycles. The number of aliphatic hydroxyl groups is 1. The van der Waals surface area contributed by atoms with Crippen molar-refractivity contribution in [2.24, 2.45) is 0 Å². The van der Waals surface area contributed by atoms with Crippen LogP contribution in [0.2, 0.25) is 0 Å². The maximum Gasteiger partial charge on any atom is 0.148 e. The zero-order chi connectivity index (χ0) is 12.4. The predicted molar refractivity (Wildman–Crippen MR) is 71.6 cm³/mol. The van der Waals surface area contributed by atoms with Crippen molar-refractivity contribution in [2.45, 2.75) is 25.3 Å². The fourth-order valence-corrected chi connectivity index (χ4v) is 2.58. The van der Waals surface area contributed by atoms with E-state index in [4.69, 9.17) is 0 Å². The number of aliphatic hydroxyl groups excluding tert-OH is 1. The maximum absolute atomic E-state index is 9.45. The van der Waals surface area contributed by atoms with Gasteiger partial charge in [0.1, 0.15) is 5.82 Å². The number of piperidine rings is 1. The van der Waals surface area contributed by atoms with Gasteiger partial charge in [0.25, 0.3) is 0 Å². The molecule has 0 bridgehead atoms. The molecule has 4 heteroatoms. The van der Waals surface area contributed by atoms with E-state index in [-0.39, 0.29) is 12.6 Å². The Morgan fingerprint density at radius 1 is 1.22 bits per heavy atom. The standard InChI is InChI=1S/C14H17N3O/c18-10-11-5-3-4-8-17(11)14-9-15-12-6-1-2-7-13(12)16-14/h1-2,6-7,9,11,18H,3-5,8,10H2/t11-/m1/s1. The van der Waals surface area contributed by atoms with Gasteiger partial charge in [-0.3, -0.25) is 4.98 Å². The molecular weight excluding hydrogens is 226 g/mol. The molecule has 0 amide bonds. The maximum atomic E-state index is 9.45. The van der Waals surface area contributed by atoms with Crippen LogP contribution < -0.4 is 4.90 Å². The third kappa shape index (κ3) is 2.04. The molecule has 1 atom stereocenters. The van der Waals surface area contributed by atoms with Crippen LogP contribution in [0.4, 0.5) is 5.82 Å². The van der Waals surface area contributed by atoms with Gasteiger partial charge < -0.3 is 10.0 Å². The molecule has 0 saturated carbocycles. The monoisotopic (exact) mass is 243 g/mol. The van der Waals surface area contributed by atoms with Gasteiger partial charge in [-0.15, -0.1) is 0 Å². The van der Waals surface area contributed by atoms with E-state index in [9.17, 15) is 5.11 Å². The van der Waals surface area contributed by atoms with Gasteiger partial charge in [-0.1, -0.05) is 12.1 Å². The van der Waals surface area contributed by atoms with Crippen LogP contribution in [-0.4, -0.2) is 34.3 Å². The van der Waals surface area contributed by atoms with Crippen LogP contribution >= 0.6 is 0 Å². The highest BCUT2D eigenvalue weighted by atomic mass is 16.3. The summed E-state index contributed by atoms with van der Waals surface area (Å²) in [6, 6.07) is 8.07. The van der Waals surface area contributed by atoms with E-state index in [0.29, 0.717) is 0 Å². The quantitative estimate of drug-likeness (QED) is 0.876. The first-order valence-electron chi connectivity index (χ1n) is 6.48. The van der Waals surface area contributed by atoms with Crippen molar-refractivity contribution in [3.8, 4) is 0 Å². The first-order valence-corrected chi connectivity index (χ1v) is 6.48. The van der Waals surface area contributed by atoms with Crippen molar-refractivity contribution in [3.63, 3.8) is 0 Å². The first-order chi connectivity index (χ1) is 8.88. The fraction of sp³-hybridized carbons (Fsp3) is 0.429. The summed E-state index contributed by atoms with van der Waals surface area (Å²) in [5.74, 6) is 0.882. The Balaban J connectivity index is 1.97. The Bertz CT molecular complexity index is 543. The minimum Gasteiger partial charge on any atom is -0.394 e. The van der Waals surface area contributed by atoms with Crippen LogP contribution in [0.25, 0.3) is 11.0 Å². The number of benzene rings is 1. The number of hydrogen-bond acceptors (Lipinski definition) is 4. The van der Waals surface area contributed by atoms with E-state index in [1.807, 2.05) is 30.5 Å². The second-order valence-corrected chi connectivity index (χ2v) is 4.74. The van der Waals surface area contributed by atoms with Gasteiger partial charge in [0, 0.05) is 6.54 Å². The predicted octanol–water partition coefficient (Wildman–Crippen LogP) is 1.98. The lowest BCUT2D eigenvalue weighted by Crippen LogP contribution is -2.42. The topological polar surface area (TPSA) is 49.2 Å². The van der Waals surface area contributed by atoms with Gasteiger partial charge in [-0.05, 0) is 31.4 Å². The van der Waals surface area contributed by atoms with E-state index < -0.39 is 0 Å². The molecule has 0 radical (unpaired) electrons. The summed E-state index contributed by atoms with van der Waals surface area (Å²) in [6.45, 7) is 1.15. The molecule has 1 N–H and O–H groups in total. The van der Waals surface area contributed by atoms with Gasteiger partial charge in [-0.2, -0.15) is 0 Å². The van der Waals surface area contributed by atoms with Crippen molar-refractivity contribution in [2.75, 3.05) is 18.1 Å². The summed E-state index contributed by atoms with van der Waals surface area (Å²) in [5, 5.41) is 9.45. The Morgan fingerprint density at radius 2 is 2.06 bits per heavy atom. The number of nitrogens with zero attached hydrogens (tertiary/aromatic N) is 3. The average molecular weight is 243 g/mol. The largest absolute Gasteiger partial charge is 0.394 e. The molecule has 1 saturated heterocycles. The highest BCUT2D eigenvalue weighted by molar-refractivity contribution is 5.75. The number of fused-ring (bicyclic) bond motifs is 1. The number of hydrogen-bond donors (Lipinski definition) is 1. The van der Waals surface area contributed by atoms with Crippen LogP contribution in [0, 0.1) is 0 Å². The normalized spacial score (nSPS) is 20.3. The van der Waals surface area contributed by atoms with Crippen LogP contribution in [0.5, 0.6) is 0 Å². The number of aromatic nitrogens is 2. The van der Waals surface area contributed by atoms with E-state index in [1.165, 1.54) is 6.42 Å². The Morgan fingerprint density at radius 3 is 2.89 bits per heavy atom. The molecule has 0 unspecified atom stereocenters. The molecule has 1 fully saturated rings. The lowest BCUT2D eigenvalue weighted by molar-refractivity contribution is 0.239. The smallest absolute Gasteiger partial charge is 0.148 e. The molecule has 0 aliphatic carbocycles. The summed E-state index contributed by atoms with van der Waals surface area (Å²) >= 11 is 0. The van der Waals surface area contributed by atoms with Crippen molar-refractivity contribution < 1.29 is 5.11 Å². The summed E-state index contributed by atoms with van der Waals surface area (Å²) < 4.78 is 0. The number of rotatable bonds is 2. The molecule has 1 aromatic carbocycles. The molecule has 2 aromatic rings. The molecule has 0 spiro atoms. The summed E-state index contributed by atoms with van der Waals surface area (Å²) in [6.07, 6.45) is 5.19. The van der Waals surface area contributed by atoms with E-state index in [0.717, 1.165) is 36.2 Å². The molecule has 18 heavy (non-hydrogen) atoms. The number of para-hydroxylation sites is 2. The van der Waals surface area contributed by atoms with Crippen molar-refractivity contribution in [3.05, 3.63) is 30.5 Å². The van der Waals surface area contributed by atoms with Crippen molar-refractivity contribution >= 4 is 16.9 Å². The van der Waals surface area contributed by atoms with Crippen molar-refractivity contribution in [1.82, 2.24) is 9.97 Å². The minimum absolute atomic E-state index is 0.189. The van der Waals surface area contributed by atoms with Crippen LogP contribution in [0.1, 0.15) is 19.3 Å². The third-order valence-electron chi connectivity index (χ3n) is 3.57. The van der Waals surface area contributed by atoms with E-state index in [1.54, 1.807) is 0 Å². The molecule has 1 aliphatic rings. The molecule has 4 nitrogen and oxygen atoms in total.